The van der Waals surface area contributed by atoms with Crippen LogP contribution < -0.4 is 5.32 Å². The van der Waals surface area contributed by atoms with Gasteiger partial charge in [-0.05, 0) is 50.1 Å². The van der Waals surface area contributed by atoms with E-state index < -0.39 is 0 Å². The van der Waals surface area contributed by atoms with Crippen LogP contribution in [0.2, 0.25) is 0 Å². The molecular formula is C20H22N2. The van der Waals surface area contributed by atoms with E-state index in [1.807, 2.05) is 6.07 Å². The normalized spacial score (nSPS) is 10.9. The largest absolute Gasteiger partial charge is 0.384 e. The van der Waals surface area contributed by atoms with Gasteiger partial charge >= 0.3 is 0 Å². The van der Waals surface area contributed by atoms with Gasteiger partial charge in [0.25, 0.3) is 0 Å². The minimum atomic E-state index is 0.869. The number of aromatic nitrogens is 1. The first kappa shape index (κ1) is 14.5. The molecule has 2 aromatic carbocycles. The van der Waals surface area contributed by atoms with Gasteiger partial charge in [0, 0.05) is 17.6 Å². The molecule has 1 N–H and O–H groups in total. The Labute approximate surface area is 132 Å². The first-order valence-electron chi connectivity index (χ1n) is 7.74. The van der Waals surface area contributed by atoms with Gasteiger partial charge in [0.1, 0.15) is 0 Å². The van der Waals surface area contributed by atoms with Crippen molar-refractivity contribution >= 4 is 16.6 Å². The number of para-hydroxylation sites is 1. The van der Waals surface area contributed by atoms with Crippen LogP contribution in [0.5, 0.6) is 0 Å². The van der Waals surface area contributed by atoms with Crippen LogP contribution in [0.4, 0.5) is 0 Å². The van der Waals surface area contributed by atoms with Crippen LogP contribution >= 0.6 is 0 Å². The van der Waals surface area contributed by atoms with Gasteiger partial charge in [-0.25, -0.2) is 0 Å². The molecule has 2 heteroatoms. The van der Waals surface area contributed by atoms with Crippen LogP contribution in [0.25, 0.3) is 22.3 Å². The summed E-state index contributed by atoms with van der Waals surface area (Å²) >= 11 is 0. The summed E-state index contributed by atoms with van der Waals surface area (Å²) in [7, 11) is 0. The Morgan fingerprint density at radius 2 is 1.77 bits per heavy atom. The smallest absolute Gasteiger partial charge is 0.0723 e. The SMILES string of the molecule is C=C(NCC)c1c(C)c2c(C)cccc2n1-c1ccccc1. The van der Waals surface area contributed by atoms with Crippen LogP contribution in [0.3, 0.4) is 0 Å². The summed E-state index contributed by atoms with van der Waals surface area (Å²) < 4.78 is 2.31. The Kier molecular flexibility index (Phi) is 3.76. The lowest BCUT2D eigenvalue weighted by atomic mass is 10.1. The van der Waals surface area contributed by atoms with Crippen molar-refractivity contribution in [2.75, 3.05) is 6.54 Å². The highest BCUT2D eigenvalue weighted by atomic mass is 15.0. The lowest BCUT2D eigenvalue weighted by Crippen LogP contribution is -2.13. The van der Waals surface area contributed by atoms with Crippen molar-refractivity contribution in [1.29, 1.82) is 0 Å². The molecule has 0 saturated carbocycles. The highest BCUT2D eigenvalue weighted by Gasteiger charge is 2.18. The van der Waals surface area contributed by atoms with Gasteiger partial charge in [0.2, 0.25) is 0 Å². The summed E-state index contributed by atoms with van der Waals surface area (Å²) in [5.74, 6) is 0. The minimum Gasteiger partial charge on any atom is -0.384 e. The summed E-state index contributed by atoms with van der Waals surface area (Å²) in [6, 6.07) is 17.0. The molecule has 3 aromatic rings. The monoisotopic (exact) mass is 290 g/mol. The fraction of sp³-hybridized carbons (Fsp3) is 0.200. The van der Waals surface area contributed by atoms with E-state index in [2.05, 4.69) is 79.7 Å². The summed E-state index contributed by atoms with van der Waals surface area (Å²) in [6.07, 6.45) is 0. The standard InChI is InChI=1S/C20H22N2/c1-5-21-16(4)20-15(3)19-14(2)10-9-13-18(19)22(20)17-11-7-6-8-12-17/h6-13,21H,4-5H2,1-3H3. The van der Waals surface area contributed by atoms with E-state index in [4.69, 9.17) is 0 Å². The second kappa shape index (κ2) is 5.72. The molecule has 2 nitrogen and oxygen atoms in total. The van der Waals surface area contributed by atoms with Crippen molar-refractivity contribution in [2.24, 2.45) is 0 Å². The average Bonchev–Trinajstić information content (AvgIpc) is 2.82. The minimum absolute atomic E-state index is 0.869. The molecule has 0 aliphatic rings. The van der Waals surface area contributed by atoms with E-state index in [-0.39, 0.29) is 0 Å². The van der Waals surface area contributed by atoms with Gasteiger partial charge < -0.3 is 9.88 Å². The third-order valence-electron chi connectivity index (χ3n) is 4.14. The van der Waals surface area contributed by atoms with Crippen molar-refractivity contribution < 1.29 is 0 Å². The third-order valence-corrected chi connectivity index (χ3v) is 4.14. The van der Waals surface area contributed by atoms with Crippen molar-refractivity contribution in [3.63, 3.8) is 0 Å². The molecule has 0 aliphatic heterocycles. The van der Waals surface area contributed by atoms with Gasteiger partial charge in [-0.1, -0.05) is 36.9 Å². The van der Waals surface area contributed by atoms with Crippen molar-refractivity contribution in [3.05, 3.63) is 71.9 Å². The van der Waals surface area contributed by atoms with Crippen LogP contribution in [-0.4, -0.2) is 11.1 Å². The molecule has 0 radical (unpaired) electrons. The topological polar surface area (TPSA) is 17.0 Å². The Morgan fingerprint density at radius 1 is 1.05 bits per heavy atom. The van der Waals surface area contributed by atoms with E-state index >= 15 is 0 Å². The Balaban J connectivity index is 2.40. The predicted octanol–water partition coefficient (Wildman–Crippen LogP) is 4.83. The number of hydrogen-bond donors (Lipinski definition) is 1. The first-order valence-corrected chi connectivity index (χ1v) is 7.74. The molecule has 1 heterocycles. The van der Waals surface area contributed by atoms with E-state index in [1.165, 1.54) is 27.7 Å². The zero-order valence-corrected chi connectivity index (χ0v) is 13.5. The van der Waals surface area contributed by atoms with Crippen LogP contribution in [0.15, 0.2) is 55.1 Å². The zero-order valence-electron chi connectivity index (χ0n) is 13.5. The van der Waals surface area contributed by atoms with Gasteiger partial charge in [-0.15, -0.1) is 0 Å². The number of rotatable bonds is 4. The van der Waals surface area contributed by atoms with Crippen molar-refractivity contribution in [1.82, 2.24) is 9.88 Å². The lowest BCUT2D eigenvalue weighted by Gasteiger charge is -2.14. The number of benzene rings is 2. The number of nitrogens with one attached hydrogen (secondary N) is 1. The molecule has 0 amide bonds. The number of hydrogen-bond acceptors (Lipinski definition) is 1. The average molecular weight is 290 g/mol. The first-order chi connectivity index (χ1) is 10.6. The molecule has 112 valence electrons. The second-order valence-corrected chi connectivity index (χ2v) is 5.62. The van der Waals surface area contributed by atoms with Crippen LogP contribution in [0.1, 0.15) is 23.7 Å². The Hall–Kier alpha value is -2.48. The van der Waals surface area contributed by atoms with E-state index in [1.54, 1.807) is 0 Å². The second-order valence-electron chi connectivity index (χ2n) is 5.62. The molecule has 0 spiro atoms. The molecule has 22 heavy (non-hydrogen) atoms. The lowest BCUT2D eigenvalue weighted by molar-refractivity contribution is 0.920. The molecule has 0 atom stereocenters. The summed E-state index contributed by atoms with van der Waals surface area (Å²) in [5, 5.41) is 4.70. The highest BCUT2D eigenvalue weighted by Crippen LogP contribution is 2.33. The maximum atomic E-state index is 4.25. The fourth-order valence-electron chi connectivity index (χ4n) is 3.24. The van der Waals surface area contributed by atoms with Gasteiger partial charge in [0.05, 0.1) is 16.9 Å². The molecule has 0 unspecified atom stereocenters. The number of fused-ring (bicyclic) bond motifs is 1. The molecule has 0 aliphatic carbocycles. The fourth-order valence-corrected chi connectivity index (χ4v) is 3.24. The Bertz CT molecular complexity index is 826. The molecular weight excluding hydrogens is 268 g/mol. The van der Waals surface area contributed by atoms with Crippen LogP contribution in [0, 0.1) is 13.8 Å². The zero-order chi connectivity index (χ0) is 15.7. The third kappa shape index (κ3) is 2.21. The van der Waals surface area contributed by atoms with Crippen molar-refractivity contribution in [3.8, 4) is 5.69 Å². The molecule has 3 rings (SSSR count). The van der Waals surface area contributed by atoms with E-state index in [0.29, 0.717) is 0 Å². The highest BCUT2D eigenvalue weighted by molar-refractivity contribution is 5.93. The molecule has 0 saturated heterocycles. The molecule has 0 fully saturated rings. The van der Waals surface area contributed by atoms with E-state index in [9.17, 15) is 0 Å². The summed E-state index contributed by atoms with van der Waals surface area (Å²) in [6.45, 7) is 11.6. The Morgan fingerprint density at radius 3 is 2.45 bits per heavy atom. The quantitative estimate of drug-likeness (QED) is 0.728. The molecule has 0 bridgehead atoms. The van der Waals surface area contributed by atoms with Gasteiger partial charge in [-0.3, -0.25) is 0 Å². The predicted molar refractivity (Wildman–Crippen MR) is 95.5 cm³/mol. The van der Waals surface area contributed by atoms with Crippen LogP contribution in [-0.2, 0) is 0 Å². The summed E-state index contributed by atoms with van der Waals surface area (Å²) in [5.41, 5.74) is 7.12. The maximum absolute atomic E-state index is 4.25. The number of aryl methyl sites for hydroxylation is 2. The van der Waals surface area contributed by atoms with Gasteiger partial charge in [0.15, 0.2) is 0 Å². The van der Waals surface area contributed by atoms with Gasteiger partial charge in [-0.2, -0.15) is 0 Å². The van der Waals surface area contributed by atoms with E-state index in [0.717, 1.165) is 17.9 Å². The molecule has 1 aromatic heterocycles. The van der Waals surface area contributed by atoms with Crippen molar-refractivity contribution in [2.45, 2.75) is 20.8 Å². The maximum Gasteiger partial charge on any atom is 0.0723 e. The summed E-state index contributed by atoms with van der Waals surface area (Å²) in [4.78, 5) is 0. The number of nitrogens with zero attached hydrogens (tertiary/aromatic N) is 1.